The molecule has 0 bridgehead atoms. The van der Waals surface area contributed by atoms with E-state index in [1.54, 1.807) is 0 Å². The van der Waals surface area contributed by atoms with Crippen molar-refractivity contribution in [3.63, 3.8) is 0 Å². The first-order valence-corrected chi connectivity index (χ1v) is 7.11. The Morgan fingerprint density at radius 1 is 1.29 bits per heavy atom. The second-order valence-corrected chi connectivity index (χ2v) is 6.08. The average Bonchev–Trinajstić information content (AvgIpc) is 2.80. The van der Waals surface area contributed by atoms with Gasteiger partial charge in [0.15, 0.2) is 0 Å². The molecule has 2 fully saturated rings. The van der Waals surface area contributed by atoms with Gasteiger partial charge in [-0.25, -0.2) is 0 Å². The maximum atomic E-state index is 6.17. The van der Waals surface area contributed by atoms with E-state index in [2.05, 4.69) is 13.8 Å². The van der Waals surface area contributed by atoms with Gasteiger partial charge in [0.1, 0.15) is 0 Å². The van der Waals surface area contributed by atoms with Crippen molar-refractivity contribution in [1.82, 2.24) is 0 Å². The summed E-state index contributed by atoms with van der Waals surface area (Å²) >= 11 is 0. The summed E-state index contributed by atoms with van der Waals surface area (Å²) in [6, 6.07) is 0.243. The third-order valence-corrected chi connectivity index (χ3v) is 4.40. The molecule has 1 saturated heterocycles. The summed E-state index contributed by atoms with van der Waals surface area (Å²) in [6.07, 6.45) is 4.96. The van der Waals surface area contributed by atoms with E-state index in [-0.39, 0.29) is 12.1 Å². The molecule has 4 atom stereocenters. The van der Waals surface area contributed by atoms with E-state index in [1.807, 2.05) is 0 Å². The molecule has 1 saturated carbocycles. The molecule has 2 aliphatic rings. The molecule has 3 nitrogen and oxygen atoms in total. The fourth-order valence-corrected chi connectivity index (χ4v) is 2.96. The molecule has 0 amide bonds. The van der Waals surface area contributed by atoms with Gasteiger partial charge in [0.05, 0.1) is 19.3 Å². The Kier molecular flexibility index (Phi) is 4.83. The zero-order chi connectivity index (χ0) is 12.3. The fourth-order valence-electron chi connectivity index (χ4n) is 2.96. The van der Waals surface area contributed by atoms with Crippen molar-refractivity contribution in [2.24, 2.45) is 23.5 Å². The third kappa shape index (κ3) is 3.67. The maximum Gasteiger partial charge on any atom is 0.0728 e. The van der Waals surface area contributed by atoms with Crippen LogP contribution in [0.15, 0.2) is 0 Å². The molecule has 100 valence electrons. The van der Waals surface area contributed by atoms with Crippen LogP contribution < -0.4 is 5.73 Å². The second-order valence-electron chi connectivity index (χ2n) is 6.08. The van der Waals surface area contributed by atoms with E-state index >= 15 is 0 Å². The van der Waals surface area contributed by atoms with Crippen LogP contribution in [0, 0.1) is 17.8 Å². The number of rotatable bonds is 4. The van der Waals surface area contributed by atoms with Crippen LogP contribution in [0.25, 0.3) is 0 Å². The molecule has 2 N–H and O–H groups in total. The minimum atomic E-state index is 0.243. The van der Waals surface area contributed by atoms with Gasteiger partial charge in [0.25, 0.3) is 0 Å². The monoisotopic (exact) mass is 241 g/mol. The molecule has 0 aromatic rings. The summed E-state index contributed by atoms with van der Waals surface area (Å²) in [7, 11) is 0. The van der Waals surface area contributed by atoms with Gasteiger partial charge in [0.2, 0.25) is 0 Å². The molecule has 0 spiro atoms. The Hall–Kier alpha value is -0.120. The highest BCUT2D eigenvalue weighted by atomic mass is 16.5. The molecule has 1 heterocycles. The first-order valence-electron chi connectivity index (χ1n) is 7.11. The highest BCUT2D eigenvalue weighted by Gasteiger charge is 2.31. The molecule has 0 aromatic heterocycles. The van der Waals surface area contributed by atoms with Gasteiger partial charge in [-0.05, 0) is 37.5 Å². The summed E-state index contributed by atoms with van der Waals surface area (Å²) < 4.78 is 11.4. The van der Waals surface area contributed by atoms with E-state index in [1.165, 1.54) is 6.42 Å². The Bertz CT molecular complexity index is 226. The summed E-state index contributed by atoms with van der Waals surface area (Å²) in [6.45, 7) is 7.23. The molecule has 17 heavy (non-hydrogen) atoms. The lowest BCUT2D eigenvalue weighted by Crippen LogP contribution is -2.43. The molecule has 1 aliphatic carbocycles. The van der Waals surface area contributed by atoms with E-state index in [4.69, 9.17) is 15.2 Å². The number of hydrogen-bond acceptors (Lipinski definition) is 3. The highest BCUT2D eigenvalue weighted by Crippen LogP contribution is 2.31. The molecule has 2 rings (SSSR count). The van der Waals surface area contributed by atoms with Crippen molar-refractivity contribution >= 4 is 0 Å². The van der Waals surface area contributed by atoms with Gasteiger partial charge in [0, 0.05) is 18.6 Å². The van der Waals surface area contributed by atoms with Crippen molar-refractivity contribution in [2.45, 2.75) is 51.7 Å². The van der Waals surface area contributed by atoms with Crippen LogP contribution in [-0.2, 0) is 9.47 Å². The van der Waals surface area contributed by atoms with E-state index in [0.717, 1.165) is 50.9 Å². The van der Waals surface area contributed by atoms with Crippen LogP contribution in [0.2, 0.25) is 0 Å². The minimum Gasteiger partial charge on any atom is -0.381 e. The van der Waals surface area contributed by atoms with Crippen LogP contribution in [0.1, 0.15) is 39.5 Å². The molecular formula is C14H27NO2. The number of hydrogen-bond donors (Lipinski definition) is 1. The summed E-state index contributed by atoms with van der Waals surface area (Å²) in [5.74, 6) is 2.14. The van der Waals surface area contributed by atoms with Gasteiger partial charge in [-0.3, -0.25) is 0 Å². The van der Waals surface area contributed by atoms with Crippen molar-refractivity contribution in [3.05, 3.63) is 0 Å². The summed E-state index contributed by atoms with van der Waals surface area (Å²) in [5.41, 5.74) is 6.17. The van der Waals surface area contributed by atoms with Crippen LogP contribution in [-0.4, -0.2) is 32.0 Å². The van der Waals surface area contributed by atoms with Crippen LogP contribution in [0.3, 0.4) is 0 Å². The minimum absolute atomic E-state index is 0.243. The van der Waals surface area contributed by atoms with Crippen LogP contribution in [0.4, 0.5) is 0 Å². The Morgan fingerprint density at radius 2 is 2.12 bits per heavy atom. The van der Waals surface area contributed by atoms with E-state index < -0.39 is 0 Å². The number of ether oxygens (including phenoxy) is 2. The van der Waals surface area contributed by atoms with E-state index in [9.17, 15) is 0 Å². The summed E-state index contributed by atoms with van der Waals surface area (Å²) in [5, 5.41) is 0. The predicted molar refractivity (Wildman–Crippen MR) is 68.8 cm³/mol. The lowest BCUT2D eigenvalue weighted by Gasteiger charge is -2.36. The second kappa shape index (κ2) is 6.17. The Balaban J connectivity index is 1.76. The molecule has 4 unspecified atom stereocenters. The largest absolute Gasteiger partial charge is 0.381 e. The Morgan fingerprint density at radius 3 is 2.76 bits per heavy atom. The summed E-state index contributed by atoms with van der Waals surface area (Å²) in [4.78, 5) is 0. The van der Waals surface area contributed by atoms with Crippen molar-refractivity contribution in [1.29, 1.82) is 0 Å². The van der Waals surface area contributed by atoms with Gasteiger partial charge < -0.3 is 15.2 Å². The van der Waals surface area contributed by atoms with Crippen LogP contribution in [0.5, 0.6) is 0 Å². The van der Waals surface area contributed by atoms with Gasteiger partial charge >= 0.3 is 0 Å². The standard InChI is InChI=1S/C14H27NO2/c1-10(2)12-3-4-13(15)14(7-12)17-9-11-5-6-16-8-11/h10-14H,3-9,15H2,1-2H3. The van der Waals surface area contributed by atoms with Crippen molar-refractivity contribution in [3.8, 4) is 0 Å². The van der Waals surface area contributed by atoms with Gasteiger partial charge in [-0.2, -0.15) is 0 Å². The fraction of sp³-hybridized carbons (Fsp3) is 1.00. The smallest absolute Gasteiger partial charge is 0.0728 e. The van der Waals surface area contributed by atoms with Crippen molar-refractivity contribution < 1.29 is 9.47 Å². The van der Waals surface area contributed by atoms with Gasteiger partial charge in [-0.15, -0.1) is 0 Å². The molecule has 1 aliphatic heterocycles. The average molecular weight is 241 g/mol. The third-order valence-electron chi connectivity index (χ3n) is 4.40. The molecule has 0 radical (unpaired) electrons. The highest BCUT2D eigenvalue weighted by molar-refractivity contribution is 4.85. The quantitative estimate of drug-likeness (QED) is 0.820. The van der Waals surface area contributed by atoms with E-state index in [0.29, 0.717) is 5.92 Å². The molecule has 0 aromatic carbocycles. The lowest BCUT2D eigenvalue weighted by molar-refractivity contribution is -0.0237. The zero-order valence-corrected chi connectivity index (χ0v) is 11.2. The first kappa shape index (κ1) is 13.3. The Labute approximate surface area is 105 Å². The predicted octanol–water partition coefficient (Wildman–Crippen LogP) is 2.19. The maximum absolute atomic E-state index is 6.17. The molecule has 3 heteroatoms. The van der Waals surface area contributed by atoms with Crippen LogP contribution >= 0.6 is 0 Å². The first-order chi connectivity index (χ1) is 8.16. The van der Waals surface area contributed by atoms with Crippen molar-refractivity contribution in [2.75, 3.05) is 19.8 Å². The SMILES string of the molecule is CC(C)C1CCC(N)C(OCC2CCOC2)C1. The molecular weight excluding hydrogens is 214 g/mol. The normalized spacial score (nSPS) is 38.8. The lowest BCUT2D eigenvalue weighted by atomic mass is 9.78. The topological polar surface area (TPSA) is 44.5 Å². The number of nitrogens with two attached hydrogens (primary N) is 1. The van der Waals surface area contributed by atoms with Gasteiger partial charge in [-0.1, -0.05) is 13.8 Å². The zero-order valence-electron chi connectivity index (χ0n) is 11.2.